The van der Waals surface area contributed by atoms with E-state index in [1.165, 1.54) is 0 Å². The van der Waals surface area contributed by atoms with Gasteiger partial charge in [-0.3, -0.25) is 9.67 Å². The molecule has 4 nitrogen and oxygen atoms in total. The van der Waals surface area contributed by atoms with Gasteiger partial charge < -0.3 is 5.32 Å². The maximum absolute atomic E-state index is 5.75. The highest BCUT2D eigenvalue weighted by atomic mass is 35.5. The van der Waals surface area contributed by atoms with E-state index < -0.39 is 0 Å². The fraction of sp³-hybridized carbons (Fsp3) is 0.273. The van der Waals surface area contributed by atoms with Crippen molar-refractivity contribution in [1.29, 1.82) is 0 Å². The quantitative estimate of drug-likeness (QED) is 0.880. The lowest BCUT2D eigenvalue weighted by atomic mass is 10.3. The molecule has 0 atom stereocenters. The van der Waals surface area contributed by atoms with Gasteiger partial charge in [0, 0.05) is 32.5 Å². The van der Waals surface area contributed by atoms with Crippen molar-refractivity contribution in [2.24, 2.45) is 7.05 Å². The van der Waals surface area contributed by atoms with Gasteiger partial charge in [0.15, 0.2) is 0 Å². The van der Waals surface area contributed by atoms with Crippen molar-refractivity contribution in [2.75, 3.05) is 0 Å². The van der Waals surface area contributed by atoms with Crippen LogP contribution in [-0.2, 0) is 20.1 Å². The van der Waals surface area contributed by atoms with Crippen molar-refractivity contribution in [3.05, 3.63) is 47.0 Å². The standard InChI is InChI=1S/C11H13ClN4/c1-16-5-4-11(15-16)8-13-7-10-3-2-9(12)6-14-10/h2-6,13H,7-8H2,1H3. The molecular formula is C11H13ClN4. The van der Waals surface area contributed by atoms with Crippen LogP contribution in [0.2, 0.25) is 5.02 Å². The molecule has 0 amide bonds. The topological polar surface area (TPSA) is 42.7 Å². The first-order valence-electron chi connectivity index (χ1n) is 5.04. The SMILES string of the molecule is Cn1ccc(CNCc2ccc(Cl)cn2)n1. The van der Waals surface area contributed by atoms with E-state index in [0.717, 1.165) is 17.9 Å². The molecule has 0 fully saturated rings. The number of nitrogens with one attached hydrogen (secondary N) is 1. The summed E-state index contributed by atoms with van der Waals surface area (Å²) in [6, 6.07) is 5.74. The largest absolute Gasteiger partial charge is 0.305 e. The first-order valence-corrected chi connectivity index (χ1v) is 5.41. The molecule has 2 aromatic rings. The van der Waals surface area contributed by atoms with Crippen molar-refractivity contribution in [3.8, 4) is 0 Å². The van der Waals surface area contributed by atoms with Crippen molar-refractivity contribution in [2.45, 2.75) is 13.1 Å². The zero-order valence-corrected chi connectivity index (χ0v) is 9.78. The smallest absolute Gasteiger partial charge is 0.0762 e. The first kappa shape index (κ1) is 11.1. The van der Waals surface area contributed by atoms with Gasteiger partial charge in [-0.25, -0.2) is 0 Å². The summed E-state index contributed by atoms with van der Waals surface area (Å²) in [6.45, 7) is 1.46. The molecule has 0 radical (unpaired) electrons. The minimum absolute atomic E-state index is 0.661. The van der Waals surface area contributed by atoms with Gasteiger partial charge in [-0.05, 0) is 18.2 Å². The number of aryl methyl sites for hydroxylation is 1. The Kier molecular flexibility index (Phi) is 3.54. The molecule has 2 aromatic heterocycles. The van der Waals surface area contributed by atoms with E-state index in [4.69, 9.17) is 11.6 Å². The molecule has 0 aliphatic rings. The monoisotopic (exact) mass is 236 g/mol. The van der Waals surface area contributed by atoms with Crippen LogP contribution in [0.5, 0.6) is 0 Å². The normalized spacial score (nSPS) is 10.6. The van der Waals surface area contributed by atoms with E-state index >= 15 is 0 Å². The predicted molar refractivity (Wildman–Crippen MR) is 63.0 cm³/mol. The lowest BCUT2D eigenvalue weighted by molar-refractivity contribution is 0.648. The molecule has 16 heavy (non-hydrogen) atoms. The number of hydrogen-bond acceptors (Lipinski definition) is 3. The van der Waals surface area contributed by atoms with Gasteiger partial charge in [-0.2, -0.15) is 5.10 Å². The Hall–Kier alpha value is -1.39. The average Bonchev–Trinajstić information content (AvgIpc) is 2.67. The Morgan fingerprint density at radius 2 is 2.06 bits per heavy atom. The molecule has 0 aliphatic heterocycles. The van der Waals surface area contributed by atoms with Gasteiger partial charge in [0.25, 0.3) is 0 Å². The molecule has 0 saturated carbocycles. The van der Waals surface area contributed by atoms with Crippen LogP contribution in [0.3, 0.4) is 0 Å². The molecule has 0 aromatic carbocycles. The summed E-state index contributed by atoms with van der Waals surface area (Å²) in [4.78, 5) is 4.19. The Labute approximate surface area is 99.3 Å². The minimum atomic E-state index is 0.661. The molecule has 5 heteroatoms. The molecule has 84 valence electrons. The highest BCUT2D eigenvalue weighted by Gasteiger charge is 1.97. The molecule has 0 unspecified atom stereocenters. The summed E-state index contributed by atoms with van der Waals surface area (Å²) < 4.78 is 1.79. The van der Waals surface area contributed by atoms with Gasteiger partial charge >= 0.3 is 0 Å². The van der Waals surface area contributed by atoms with Crippen LogP contribution in [0.15, 0.2) is 30.6 Å². The Bertz CT molecular complexity index is 449. The number of pyridine rings is 1. The van der Waals surface area contributed by atoms with E-state index in [1.54, 1.807) is 10.9 Å². The summed E-state index contributed by atoms with van der Waals surface area (Å²) in [5, 5.41) is 8.20. The van der Waals surface area contributed by atoms with Crippen LogP contribution in [0.1, 0.15) is 11.4 Å². The van der Waals surface area contributed by atoms with Gasteiger partial charge in [0.05, 0.1) is 16.4 Å². The first-order chi connectivity index (χ1) is 7.74. The summed E-state index contributed by atoms with van der Waals surface area (Å²) >= 11 is 5.75. The number of aromatic nitrogens is 3. The van der Waals surface area contributed by atoms with Crippen LogP contribution in [0, 0.1) is 0 Å². The lowest BCUT2D eigenvalue weighted by Crippen LogP contribution is -2.14. The second kappa shape index (κ2) is 5.09. The van der Waals surface area contributed by atoms with Crippen LogP contribution < -0.4 is 5.32 Å². The van der Waals surface area contributed by atoms with Crippen LogP contribution in [-0.4, -0.2) is 14.8 Å². The minimum Gasteiger partial charge on any atom is -0.305 e. The van der Waals surface area contributed by atoms with Gasteiger partial charge in [0.1, 0.15) is 0 Å². The second-order valence-electron chi connectivity index (χ2n) is 3.55. The zero-order chi connectivity index (χ0) is 11.4. The number of halogens is 1. The summed E-state index contributed by atoms with van der Waals surface area (Å²) in [5.74, 6) is 0. The van der Waals surface area contributed by atoms with Crippen LogP contribution in [0.25, 0.3) is 0 Å². The third-order valence-corrected chi connectivity index (χ3v) is 2.39. The van der Waals surface area contributed by atoms with Crippen molar-refractivity contribution in [3.63, 3.8) is 0 Å². The summed E-state index contributed by atoms with van der Waals surface area (Å²) in [6.07, 6.45) is 3.58. The third-order valence-electron chi connectivity index (χ3n) is 2.17. The molecule has 0 saturated heterocycles. The molecule has 0 bridgehead atoms. The maximum Gasteiger partial charge on any atom is 0.0762 e. The molecular weight excluding hydrogens is 224 g/mol. The van der Waals surface area contributed by atoms with Crippen molar-refractivity contribution >= 4 is 11.6 Å². The van der Waals surface area contributed by atoms with Crippen molar-refractivity contribution < 1.29 is 0 Å². The lowest BCUT2D eigenvalue weighted by Gasteiger charge is -2.02. The average molecular weight is 237 g/mol. The van der Waals surface area contributed by atoms with E-state index in [0.29, 0.717) is 11.6 Å². The highest BCUT2D eigenvalue weighted by molar-refractivity contribution is 6.30. The van der Waals surface area contributed by atoms with Crippen LogP contribution >= 0.6 is 11.6 Å². The third kappa shape index (κ3) is 3.05. The Morgan fingerprint density at radius 3 is 2.69 bits per heavy atom. The molecule has 0 spiro atoms. The van der Waals surface area contributed by atoms with Gasteiger partial charge in [-0.1, -0.05) is 11.6 Å². The highest BCUT2D eigenvalue weighted by Crippen LogP contribution is 2.05. The molecule has 0 aliphatic carbocycles. The van der Waals surface area contributed by atoms with Crippen LogP contribution in [0.4, 0.5) is 0 Å². The predicted octanol–water partition coefficient (Wildman–Crippen LogP) is 1.76. The Balaban J connectivity index is 1.82. The summed E-state index contributed by atoms with van der Waals surface area (Å²) in [7, 11) is 1.91. The molecule has 1 N–H and O–H groups in total. The molecule has 2 heterocycles. The fourth-order valence-corrected chi connectivity index (χ4v) is 1.50. The van der Waals surface area contributed by atoms with Crippen molar-refractivity contribution in [1.82, 2.24) is 20.1 Å². The van der Waals surface area contributed by atoms with E-state index in [2.05, 4.69) is 15.4 Å². The number of rotatable bonds is 4. The zero-order valence-electron chi connectivity index (χ0n) is 9.02. The number of nitrogens with zero attached hydrogens (tertiary/aromatic N) is 3. The van der Waals surface area contributed by atoms with E-state index in [-0.39, 0.29) is 0 Å². The summed E-state index contributed by atoms with van der Waals surface area (Å²) in [5.41, 5.74) is 2.00. The fourth-order valence-electron chi connectivity index (χ4n) is 1.39. The number of hydrogen-bond donors (Lipinski definition) is 1. The van der Waals surface area contributed by atoms with E-state index in [9.17, 15) is 0 Å². The second-order valence-corrected chi connectivity index (χ2v) is 3.99. The van der Waals surface area contributed by atoms with Gasteiger partial charge in [0.2, 0.25) is 0 Å². The maximum atomic E-state index is 5.75. The van der Waals surface area contributed by atoms with E-state index in [1.807, 2.05) is 31.4 Å². The Morgan fingerprint density at radius 1 is 1.25 bits per heavy atom. The van der Waals surface area contributed by atoms with Gasteiger partial charge in [-0.15, -0.1) is 0 Å². The molecule has 2 rings (SSSR count).